The van der Waals surface area contributed by atoms with Gasteiger partial charge in [-0.1, -0.05) is 18.8 Å². The fraction of sp³-hybridized carbons (Fsp3) is 0.385. The van der Waals surface area contributed by atoms with Crippen molar-refractivity contribution in [2.75, 3.05) is 13.2 Å². The molecular weight excluding hydrogens is 186 g/mol. The van der Waals surface area contributed by atoms with E-state index in [1.54, 1.807) is 0 Å². The van der Waals surface area contributed by atoms with Crippen LogP contribution in [0.5, 0.6) is 5.75 Å². The van der Waals surface area contributed by atoms with Crippen molar-refractivity contribution in [1.29, 1.82) is 0 Å². The molecule has 2 nitrogen and oxygen atoms in total. The van der Waals surface area contributed by atoms with Gasteiger partial charge in [-0.15, -0.1) is 0 Å². The number of ether oxygens (including phenoxy) is 1. The number of hydrogen-bond acceptors (Lipinski definition) is 2. The van der Waals surface area contributed by atoms with Gasteiger partial charge in [-0.05, 0) is 37.1 Å². The third-order valence-corrected chi connectivity index (χ3v) is 1.97. The summed E-state index contributed by atoms with van der Waals surface area (Å²) in [5, 5.41) is 0. The Morgan fingerprint density at radius 2 is 2.20 bits per heavy atom. The number of aryl methyl sites for hydroxylation is 1. The third-order valence-electron chi connectivity index (χ3n) is 1.97. The Morgan fingerprint density at radius 3 is 2.80 bits per heavy atom. The Morgan fingerprint density at radius 1 is 1.40 bits per heavy atom. The molecule has 0 aromatic heterocycles. The third kappa shape index (κ3) is 3.65. The van der Waals surface area contributed by atoms with Gasteiger partial charge in [0.05, 0.1) is 13.2 Å². The Labute approximate surface area is 91.4 Å². The van der Waals surface area contributed by atoms with E-state index < -0.39 is 0 Å². The van der Waals surface area contributed by atoms with E-state index in [-0.39, 0.29) is 0 Å². The van der Waals surface area contributed by atoms with E-state index in [1.165, 1.54) is 0 Å². The topological polar surface area (TPSA) is 35.2 Å². The van der Waals surface area contributed by atoms with Crippen molar-refractivity contribution < 1.29 is 4.74 Å². The summed E-state index contributed by atoms with van der Waals surface area (Å²) in [6.07, 6.45) is 1.02. The Bertz CT molecular complexity index is 374. The Hall–Kier alpha value is -1.46. The highest BCUT2D eigenvalue weighted by molar-refractivity contribution is 5.43. The first kappa shape index (κ1) is 11.6. The van der Waals surface area contributed by atoms with Gasteiger partial charge < -0.3 is 10.5 Å². The molecule has 0 radical (unpaired) electrons. The lowest BCUT2D eigenvalue weighted by atomic mass is 10.1. The van der Waals surface area contributed by atoms with Gasteiger partial charge in [0.25, 0.3) is 0 Å². The molecule has 1 aromatic carbocycles. The quantitative estimate of drug-likeness (QED) is 0.763. The standard InChI is InChI=1S/C13H17NO/c1-3-9-15-13-7-6-12(5-4-8-14)10-11(13)2/h6-7,10H,3,8-9,14H2,1-2H3. The predicted molar refractivity (Wildman–Crippen MR) is 62.9 cm³/mol. The molecule has 0 aliphatic carbocycles. The van der Waals surface area contributed by atoms with Crippen molar-refractivity contribution in [2.45, 2.75) is 20.3 Å². The average Bonchev–Trinajstić information content (AvgIpc) is 2.25. The van der Waals surface area contributed by atoms with Crippen LogP contribution in [0.2, 0.25) is 0 Å². The number of rotatable bonds is 3. The zero-order valence-electron chi connectivity index (χ0n) is 9.34. The van der Waals surface area contributed by atoms with E-state index in [9.17, 15) is 0 Å². The van der Waals surface area contributed by atoms with Crippen LogP contribution in [-0.2, 0) is 0 Å². The van der Waals surface area contributed by atoms with Crippen molar-refractivity contribution in [2.24, 2.45) is 5.73 Å². The van der Waals surface area contributed by atoms with Crippen LogP contribution in [-0.4, -0.2) is 13.2 Å². The lowest BCUT2D eigenvalue weighted by Gasteiger charge is -2.07. The van der Waals surface area contributed by atoms with Gasteiger partial charge in [0, 0.05) is 5.56 Å². The largest absolute Gasteiger partial charge is 0.493 e. The Balaban J connectivity index is 2.78. The van der Waals surface area contributed by atoms with Crippen molar-refractivity contribution >= 4 is 0 Å². The fourth-order valence-electron chi connectivity index (χ4n) is 1.25. The van der Waals surface area contributed by atoms with E-state index >= 15 is 0 Å². The molecule has 0 saturated carbocycles. The van der Waals surface area contributed by atoms with Crippen LogP contribution < -0.4 is 10.5 Å². The lowest BCUT2D eigenvalue weighted by Crippen LogP contribution is -1.97. The molecule has 0 aliphatic heterocycles. The van der Waals surface area contributed by atoms with Crippen LogP contribution in [0.25, 0.3) is 0 Å². The molecule has 0 fully saturated rings. The Kier molecular flexibility index (Phi) is 4.73. The number of hydrogen-bond donors (Lipinski definition) is 1. The van der Waals surface area contributed by atoms with Gasteiger partial charge in [-0.3, -0.25) is 0 Å². The van der Waals surface area contributed by atoms with Crippen LogP contribution in [0.1, 0.15) is 24.5 Å². The summed E-state index contributed by atoms with van der Waals surface area (Å²) in [7, 11) is 0. The van der Waals surface area contributed by atoms with Crippen molar-refractivity contribution in [3.8, 4) is 17.6 Å². The molecule has 80 valence electrons. The molecule has 0 bridgehead atoms. The van der Waals surface area contributed by atoms with Gasteiger partial charge in [0.2, 0.25) is 0 Å². The second-order valence-electron chi connectivity index (χ2n) is 3.33. The molecule has 0 aliphatic rings. The maximum atomic E-state index is 5.57. The summed E-state index contributed by atoms with van der Waals surface area (Å²) < 4.78 is 5.57. The molecule has 0 spiro atoms. The first-order chi connectivity index (χ1) is 7.27. The van der Waals surface area contributed by atoms with E-state index in [0.717, 1.165) is 29.9 Å². The van der Waals surface area contributed by atoms with Crippen molar-refractivity contribution in [3.05, 3.63) is 29.3 Å². The molecule has 1 aromatic rings. The SMILES string of the molecule is CCCOc1ccc(C#CCN)cc1C. The van der Waals surface area contributed by atoms with Crippen molar-refractivity contribution in [3.63, 3.8) is 0 Å². The van der Waals surface area contributed by atoms with Gasteiger partial charge in [-0.2, -0.15) is 0 Å². The molecule has 15 heavy (non-hydrogen) atoms. The minimum absolute atomic E-state index is 0.396. The van der Waals surface area contributed by atoms with Crippen LogP contribution in [0.4, 0.5) is 0 Å². The number of benzene rings is 1. The first-order valence-electron chi connectivity index (χ1n) is 5.20. The van der Waals surface area contributed by atoms with E-state index in [0.29, 0.717) is 6.54 Å². The molecule has 1 rings (SSSR count). The van der Waals surface area contributed by atoms with Crippen LogP contribution in [0.15, 0.2) is 18.2 Å². The summed E-state index contributed by atoms with van der Waals surface area (Å²) in [5.74, 6) is 6.77. The van der Waals surface area contributed by atoms with Gasteiger partial charge in [0.1, 0.15) is 5.75 Å². The highest BCUT2D eigenvalue weighted by Gasteiger charge is 1.98. The molecule has 2 N–H and O–H groups in total. The molecular formula is C13H17NO. The normalized spacial score (nSPS) is 9.27. The smallest absolute Gasteiger partial charge is 0.122 e. The summed E-state index contributed by atoms with van der Waals surface area (Å²) >= 11 is 0. The molecule has 0 heterocycles. The maximum absolute atomic E-state index is 5.57. The highest BCUT2D eigenvalue weighted by atomic mass is 16.5. The summed E-state index contributed by atoms with van der Waals surface area (Å²) in [6, 6.07) is 5.94. The van der Waals surface area contributed by atoms with Crippen LogP contribution in [0, 0.1) is 18.8 Å². The second-order valence-corrected chi connectivity index (χ2v) is 3.33. The molecule has 2 heteroatoms. The van der Waals surface area contributed by atoms with E-state index in [4.69, 9.17) is 10.5 Å². The number of nitrogens with two attached hydrogens (primary N) is 1. The van der Waals surface area contributed by atoms with Gasteiger partial charge in [-0.25, -0.2) is 0 Å². The lowest BCUT2D eigenvalue weighted by molar-refractivity contribution is 0.315. The predicted octanol–water partition coefficient (Wildman–Crippen LogP) is 2.09. The first-order valence-corrected chi connectivity index (χ1v) is 5.20. The zero-order valence-corrected chi connectivity index (χ0v) is 9.34. The zero-order chi connectivity index (χ0) is 11.1. The summed E-state index contributed by atoms with van der Waals surface area (Å²) in [4.78, 5) is 0. The van der Waals surface area contributed by atoms with E-state index in [2.05, 4.69) is 18.8 Å². The van der Waals surface area contributed by atoms with Crippen molar-refractivity contribution in [1.82, 2.24) is 0 Å². The minimum atomic E-state index is 0.396. The van der Waals surface area contributed by atoms with Gasteiger partial charge in [0.15, 0.2) is 0 Å². The summed E-state index contributed by atoms with van der Waals surface area (Å²) in [6.45, 7) is 5.27. The monoisotopic (exact) mass is 203 g/mol. The van der Waals surface area contributed by atoms with Crippen LogP contribution in [0.3, 0.4) is 0 Å². The van der Waals surface area contributed by atoms with Crippen LogP contribution >= 0.6 is 0 Å². The average molecular weight is 203 g/mol. The highest BCUT2D eigenvalue weighted by Crippen LogP contribution is 2.18. The molecule has 0 unspecified atom stereocenters. The summed E-state index contributed by atoms with van der Waals surface area (Å²) in [5.41, 5.74) is 7.42. The van der Waals surface area contributed by atoms with Gasteiger partial charge >= 0.3 is 0 Å². The maximum Gasteiger partial charge on any atom is 0.122 e. The second kappa shape index (κ2) is 6.10. The molecule has 0 saturated heterocycles. The minimum Gasteiger partial charge on any atom is -0.493 e. The molecule has 0 amide bonds. The molecule has 0 atom stereocenters. The fourth-order valence-corrected chi connectivity index (χ4v) is 1.25. The van der Waals surface area contributed by atoms with E-state index in [1.807, 2.05) is 25.1 Å².